The zero-order chi connectivity index (χ0) is 13.1. The summed E-state index contributed by atoms with van der Waals surface area (Å²) in [5, 5.41) is 6.65. The van der Waals surface area contributed by atoms with Gasteiger partial charge in [-0.3, -0.25) is 4.79 Å². The largest absolute Gasteiger partial charge is 0.378 e. The summed E-state index contributed by atoms with van der Waals surface area (Å²) in [6, 6.07) is 5.43. The molecule has 2 N–H and O–H groups in total. The molecule has 0 aromatic heterocycles. The van der Waals surface area contributed by atoms with Gasteiger partial charge in [0, 0.05) is 20.2 Å². The molecule has 0 bridgehead atoms. The highest BCUT2D eigenvalue weighted by Crippen LogP contribution is 2.20. The topological polar surface area (TPSA) is 50.4 Å². The number of hydrogen-bond acceptors (Lipinski definition) is 3. The average Bonchev–Trinajstić information content (AvgIpc) is 2.79. The number of amides is 1. The van der Waals surface area contributed by atoms with Gasteiger partial charge in [0.25, 0.3) is 5.91 Å². The van der Waals surface area contributed by atoms with E-state index in [0.717, 1.165) is 12.1 Å². The Kier molecular flexibility index (Phi) is 4.22. The molecule has 1 aliphatic rings. The Morgan fingerprint density at radius 2 is 2.28 bits per heavy atom. The number of halogens is 1. The maximum Gasteiger partial charge on any atom is 0.253 e. The van der Waals surface area contributed by atoms with Crippen molar-refractivity contribution in [3.05, 3.63) is 34.3 Å². The van der Waals surface area contributed by atoms with Crippen LogP contribution in [0, 0.1) is 6.92 Å². The summed E-state index contributed by atoms with van der Waals surface area (Å²) in [5.74, 6) is -0.153. The van der Waals surface area contributed by atoms with Crippen LogP contribution in [0.2, 0.25) is 5.02 Å². The number of nitrogens with one attached hydrogen (secondary N) is 2. The normalized spacial score (nSPS) is 23.1. The van der Waals surface area contributed by atoms with Crippen molar-refractivity contribution >= 4 is 17.5 Å². The maximum atomic E-state index is 12.2. The number of carbonyl (C=O) groups excluding carboxylic acids is 1. The summed E-state index contributed by atoms with van der Waals surface area (Å²) in [6.07, 6.45) is 0.0116. The summed E-state index contributed by atoms with van der Waals surface area (Å²) in [4.78, 5) is 12.2. The van der Waals surface area contributed by atoms with Gasteiger partial charge in [0.05, 0.1) is 22.7 Å². The van der Waals surface area contributed by atoms with Crippen LogP contribution >= 0.6 is 11.6 Å². The second kappa shape index (κ2) is 5.69. The zero-order valence-corrected chi connectivity index (χ0v) is 11.3. The summed E-state index contributed by atoms with van der Waals surface area (Å²) in [6.45, 7) is 3.35. The minimum Gasteiger partial charge on any atom is -0.378 e. The molecule has 1 unspecified atom stereocenters. The lowest BCUT2D eigenvalue weighted by Crippen LogP contribution is -2.43. The van der Waals surface area contributed by atoms with Gasteiger partial charge < -0.3 is 15.4 Å². The molecule has 5 heteroatoms. The minimum atomic E-state index is -0.153. The van der Waals surface area contributed by atoms with Crippen LogP contribution in [0.3, 0.4) is 0 Å². The Balaban J connectivity index is 2.10. The molecule has 1 amide bonds. The molecule has 0 spiro atoms. The van der Waals surface area contributed by atoms with Crippen molar-refractivity contribution in [3.8, 4) is 0 Å². The van der Waals surface area contributed by atoms with E-state index in [1.165, 1.54) is 0 Å². The molecule has 0 aliphatic carbocycles. The van der Waals surface area contributed by atoms with Gasteiger partial charge in [-0.1, -0.05) is 23.7 Å². The fourth-order valence-corrected chi connectivity index (χ4v) is 2.33. The molecule has 1 aliphatic heterocycles. The first-order chi connectivity index (χ1) is 8.63. The highest BCUT2D eigenvalue weighted by molar-refractivity contribution is 6.34. The first-order valence-corrected chi connectivity index (χ1v) is 6.30. The lowest BCUT2D eigenvalue weighted by atomic mass is 10.1. The SMILES string of the molecule is CO[C@H]1CNCC1NC(=O)c1cccc(C)c1Cl. The van der Waals surface area contributed by atoms with E-state index in [1.807, 2.05) is 19.1 Å². The van der Waals surface area contributed by atoms with Crippen molar-refractivity contribution in [2.45, 2.75) is 19.1 Å². The lowest BCUT2D eigenvalue weighted by molar-refractivity contribution is 0.0780. The molecule has 2 atom stereocenters. The standard InChI is InChI=1S/C13H17ClN2O2/c1-8-4-3-5-9(12(8)14)13(17)16-10-6-15-7-11(10)18-2/h3-5,10-11,15H,6-7H2,1-2H3,(H,16,17)/t10?,11-/m0/s1. The molecule has 18 heavy (non-hydrogen) atoms. The molecule has 0 radical (unpaired) electrons. The van der Waals surface area contributed by atoms with Gasteiger partial charge >= 0.3 is 0 Å². The van der Waals surface area contributed by atoms with Crippen molar-refractivity contribution in [3.63, 3.8) is 0 Å². The van der Waals surface area contributed by atoms with Crippen molar-refractivity contribution < 1.29 is 9.53 Å². The monoisotopic (exact) mass is 268 g/mol. The van der Waals surface area contributed by atoms with E-state index in [0.29, 0.717) is 17.1 Å². The average molecular weight is 269 g/mol. The van der Waals surface area contributed by atoms with Crippen LogP contribution in [0.15, 0.2) is 18.2 Å². The molecule has 4 nitrogen and oxygen atoms in total. The number of ether oxygens (including phenoxy) is 1. The fourth-order valence-electron chi connectivity index (χ4n) is 2.12. The molecular formula is C13H17ClN2O2. The third kappa shape index (κ3) is 2.66. The highest BCUT2D eigenvalue weighted by Gasteiger charge is 2.28. The van der Waals surface area contributed by atoms with E-state index < -0.39 is 0 Å². The van der Waals surface area contributed by atoms with Gasteiger partial charge in [0.2, 0.25) is 0 Å². The number of benzene rings is 1. The van der Waals surface area contributed by atoms with Crippen molar-refractivity contribution in [2.24, 2.45) is 0 Å². The number of aryl methyl sites for hydroxylation is 1. The van der Waals surface area contributed by atoms with E-state index >= 15 is 0 Å². The van der Waals surface area contributed by atoms with Crippen LogP contribution in [0.1, 0.15) is 15.9 Å². The maximum absolute atomic E-state index is 12.2. The molecule has 1 aromatic rings. The third-order valence-corrected chi connectivity index (χ3v) is 3.72. The molecule has 1 saturated heterocycles. The molecule has 1 heterocycles. The third-order valence-electron chi connectivity index (χ3n) is 3.21. The van der Waals surface area contributed by atoms with Gasteiger partial charge in [-0.05, 0) is 18.6 Å². The van der Waals surface area contributed by atoms with Crippen LogP contribution in [-0.4, -0.2) is 38.3 Å². The van der Waals surface area contributed by atoms with Gasteiger partial charge in [-0.2, -0.15) is 0 Å². The molecule has 2 rings (SSSR count). The summed E-state index contributed by atoms with van der Waals surface area (Å²) >= 11 is 6.14. The van der Waals surface area contributed by atoms with Crippen LogP contribution < -0.4 is 10.6 Å². The lowest BCUT2D eigenvalue weighted by Gasteiger charge is -2.19. The number of methoxy groups -OCH3 is 1. The van der Waals surface area contributed by atoms with E-state index in [9.17, 15) is 4.79 Å². The van der Waals surface area contributed by atoms with Crippen molar-refractivity contribution in [1.82, 2.24) is 10.6 Å². The Morgan fingerprint density at radius 3 is 3.00 bits per heavy atom. The van der Waals surface area contributed by atoms with Gasteiger partial charge in [-0.25, -0.2) is 0 Å². The van der Waals surface area contributed by atoms with E-state index in [4.69, 9.17) is 16.3 Å². The van der Waals surface area contributed by atoms with Gasteiger partial charge in [0.15, 0.2) is 0 Å². The molecule has 1 aromatic carbocycles. The Labute approximate surface area is 112 Å². The number of rotatable bonds is 3. The minimum absolute atomic E-state index is 0.0116. The summed E-state index contributed by atoms with van der Waals surface area (Å²) in [7, 11) is 1.65. The number of hydrogen-bond donors (Lipinski definition) is 2. The molecule has 98 valence electrons. The quantitative estimate of drug-likeness (QED) is 0.871. The fraction of sp³-hybridized carbons (Fsp3) is 0.462. The highest BCUT2D eigenvalue weighted by atomic mass is 35.5. The number of carbonyl (C=O) groups is 1. The first-order valence-electron chi connectivity index (χ1n) is 5.93. The summed E-state index contributed by atoms with van der Waals surface area (Å²) < 4.78 is 5.30. The zero-order valence-electron chi connectivity index (χ0n) is 10.5. The molecule has 0 saturated carbocycles. The Morgan fingerprint density at radius 1 is 1.50 bits per heavy atom. The first kappa shape index (κ1) is 13.3. The second-order valence-electron chi connectivity index (χ2n) is 4.45. The van der Waals surface area contributed by atoms with E-state index in [1.54, 1.807) is 13.2 Å². The second-order valence-corrected chi connectivity index (χ2v) is 4.83. The van der Waals surface area contributed by atoms with E-state index in [2.05, 4.69) is 10.6 Å². The summed E-state index contributed by atoms with van der Waals surface area (Å²) in [5.41, 5.74) is 1.41. The van der Waals surface area contributed by atoms with Crippen LogP contribution in [0.5, 0.6) is 0 Å². The van der Waals surface area contributed by atoms with Gasteiger partial charge in [0.1, 0.15) is 0 Å². The Bertz CT molecular complexity index is 451. The van der Waals surface area contributed by atoms with E-state index in [-0.39, 0.29) is 18.1 Å². The van der Waals surface area contributed by atoms with Crippen molar-refractivity contribution in [1.29, 1.82) is 0 Å². The Hall–Kier alpha value is -1.10. The van der Waals surface area contributed by atoms with Gasteiger partial charge in [-0.15, -0.1) is 0 Å². The van der Waals surface area contributed by atoms with Crippen molar-refractivity contribution in [2.75, 3.05) is 20.2 Å². The van der Waals surface area contributed by atoms with Crippen LogP contribution in [0.25, 0.3) is 0 Å². The predicted molar refractivity (Wildman–Crippen MR) is 71.1 cm³/mol. The van der Waals surface area contributed by atoms with Crippen LogP contribution in [0.4, 0.5) is 0 Å². The molecular weight excluding hydrogens is 252 g/mol. The predicted octanol–water partition coefficient (Wildman–Crippen LogP) is 1.37. The molecule has 1 fully saturated rings. The smallest absolute Gasteiger partial charge is 0.253 e. The van der Waals surface area contributed by atoms with Crippen LogP contribution in [-0.2, 0) is 4.74 Å².